The van der Waals surface area contributed by atoms with Crippen LogP contribution in [0.15, 0.2) is 6.07 Å². The lowest BCUT2D eigenvalue weighted by Gasteiger charge is -2.21. The molecule has 0 radical (unpaired) electrons. The van der Waals surface area contributed by atoms with E-state index in [-0.39, 0.29) is 0 Å². The second kappa shape index (κ2) is 7.91. The summed E-state index contributed by atoms with van der Waals surface area (Å²) >= 11 is 0. The van der Waals surface area contributed by atoms with E-state index >= 15 is 0 Å². The number of aromatic nitrogens is 2. The first-order valence-corrected chi connectivity index (χ1v) is 6.65. The molecule has 0 fully saturated rings. The Hall–Kier alpha value is -1.40. The molecule has 0 aromatic carbocycles. The average Bonchev–Trinajstić information content (AvgIpc) is 2.35. The van der Waals surface area contributed by atoms with Gasteiger partial charge >= 0.3 is 0 Å². The molecule has 6 nitrogen and oxygen atoms in total. The number of rotatable bonds is 8. The number of aliphatic hydroxyl groups excluding tert-OH is 1. The van der Waals surface area contributed by atoms with Crippen LogP contribution in [0.3, 0.4) is 0 Å². The van der Waals surface area contributed by atoms with Gasteiger partial charge in [-0.25, -0.2) is 9.97 Å². The van der Waals surface area contributed by atoms with Crippen LogP contribution in [-0.2, 0) is 11.3 Å². The van der Waals surface area contributed by atoms with Crippen LogP contribution >= 0.6 is 0 Å². The number of nitrogens with zero attached hydrogens (tertiary/aromatic N) is 3. The molecule has 0 amide bonds. The highest BCUT2D eigenvalue weighted by atomic mass is 16.5. The van der Waals surface area contributed by atoms with E-state index in [1.165, 1.54) is 0 Å². The smallest absolute Gasteiger partial charge is 0.158 e. The van der Waals surface area contributed by atoms with Crippen molar-refractivity contribution in [3.8, 4) is 0 Å². The third kappa shape index (κ3) is 5.40. The van der Waals surface area contributed by atoms with Crippen molar-refractivity contribution in [2.24, 2.45) is 0 Å². The van der Waals surface area contributed by atoms with Gasteiger partial charge in [-0.1, -0.05) is 0 Å². The highest BCUT2D eigenvalue weighted by Gasteiger charge is 2.10. The van der Waals surface area contributed by atoms with E-state index in [0.717, 1.165) is 18.2 Å². The predicted molar refractivity (Wildman–Crippen MR) is 76.5 cm³/mol. The third-order valence-corrected chi connectivity index (χ3v) is 2.48. The van der Waals surface area contributed by atoms with E-state index in [4.69, 9.17) is 4.74 Å². The van der Waals surface area contributed by atoms with E-state index in [0.29, 0.717) is 25.6 Å². The summed E-state index contributed by atoms with van der Waals surface area (Å²) in [6.07, 6.45) is -0.405. The fraction of sp³-hybridized carbons (Fsp3) is 0.692. The van der Waals surface area contributed by atoms with Gasteiger partial charge in [0.2, 0.25) is 0 Å². The second-order valence-corrected chi connectivity index (χ2v) is 4.42. The summed E-state index contributed by atoms with van der Waals surface area (Å²) in [6.45, 7) is 8.06. The number of likely N-dealkylation sites (N-methyl/N-ethyl adjacent to an activating group) is 1. The van der Waals surface area contributed by atoms with Crippen molar-refractivity contribution >= 4 is 11.6 Å². The SMILES string of the molecule is CCNc1cc(N(C)CC(C)O)nc(COCC)n1. The van der Waals surface area contributed by atoms with Crippen molar-refractivity contribution < 1.29 is 9.84 Å². The molecule has 0 aliphatic carbocycles. The van der Waals surface area contributed by atoms with E-state index in [1.54, 1.807) is 6.92 Å². The second-order valence-electron chi connectivity index (χ2n) is 4.42. The molecule has 1 aromatic rings. The largest absolute Gasteiger partial charge is 0.392 e. The van der Waals surface area contributed by atoms with E-state index < -0.39 is 6.10 Å². The fourth-order valence-electron chi connectivity index (χ4n) is 1.70. The van der Waals surface area contributed by atoms with E-state index in [2.05, 4.69) is 15.3 Å². The van der Waals surface area contributed by atoms with Crippen molar-refractivity contribution in [1.29, 1.82) is 0 Å². The summed E-state index contributed by atoms with van der Waals surface area (Å²) < 4.78 is 5.35. The zero-order chi connectivity index (χ0) is 14.3. The molecule has 0 spiro atoms. The monoisotopic (exact) mass is 268 g/mol. The maximum atomic E-state index is 9.44. The van der Waals surface area contributed by atoms with Gasteiger partial charge in [0.25, 0.3) is 0 Å². The molecule has 0 saturated heterocycles. The zero-order valence-electron chi connectivity index (χ0n) is 12.2. The molecule has 108 valence electrons. The molecule has 1 rings (SSSR count). The lowest BCUT2D eigenvalue weighted by molar-refractivity contribution is 0.128. The topological polar surface area (TPSA) is 70.5 Å². The number of hydrogen-bond acceptors (Lipinski definition) is 6. The molecule has 1 unspecified atom stereocenters. The van der Waals surface area contributed by atoms with Crippen LogP contribution < -0.4 is 10.2 Å². The van der Waals surface area contributed by atoms with Crippen molar-refractivity contribution in [2.45, 2.75) is 33.5 Å². The minimum absolute atomic E-state index is 0.394. The Kier molecular flexibility index (Phi) is 6.52. The summed E-state index contributed by atoms with van der Waals surface area (Å²) in [6, 6.07) is 1.88. The lowest BCUT2D eigenvalue weighted by atomic mass is 10.3. The van der Waals surface area contributed by atoms with Crippen molar-refractivity contribution in [3.05, 3.63) is 11.9 Å². The number of hydrogen-bond donors (Lipinski definition) is 2. The molecule has 0 aliphatic rings. The standard InChI is InChI=1S/C13H24N4O2/c1-5-14-11-7-13(17(4)8-10(3)18)16-12(15-11)9-19-6-2/h7,10,18H,5-6,8-9H2,1-4H3,(H,14,15,16). The third-order valence-electron chi connectivity index (χ3n) is 2.48. The van der Waals surface area contributed by atoms with E-state index in [9.17, 15) is 5.11 Å². The number of ether oxygens (including phenoxy) is 1. The summed E-state index contributed by atoms with van der Waals surface area (Å²) in [5, 5.41) is 12.6. The van der Waals surface area contributed by atoms with Crippen LogP contribution in [0.1, 0.15) is 26.6 Å². The molecule has 0 saturated carbocycles. The van der Waals surface area contributed by atoms with Crippen molar-refractivity contribution in [2.75, 3.05) is 37.0 Å². The molecule has 0 bridgehead atoms. The highest BCUT2D eigenvalue weighted by Crippen LogP contribution is 2.15. The molecule has 1 aromatic heterocycles. The summed E-state index contributed by atoms with van der Waals surface area (Å²) in [5.41, 5.74) is 0. The Morgan fingerprint density at radius 1 is 1.42 bits per heavy atom. The van der Waals surface area contributed by atoms with Gasteiger partial charge in [0.1, 0.15) is 18.2 Å². The van der Waals surface area contributed by atoms with Crippen molar-refractivity contribution in [3.63, 3.8) is 0 Å². The summed E-state index contributed by atoms with van der Waals surface area (Å²) in [4.78, 5) is 10.7. The first-order valence-electron chi connectivity index (χ1n) is 6.65. The molecule has 6 heteroatoms. The van der Waals surface area contributed by atoms with Gasteiger partial charge in [0.05, 0.1) is 6.10 Å². The zero-order valence-corrected chi connectivity index (χ0v) is 12.2. The maximum absolute atomic E-state index is 9.44. The Balaban J connectivity index is 2.91. The van der Waals surface area contributed by atoms with Crippen LogP contribution in [-0.4, -0.2) is 47.9 Å². The van der Waals surface area contributed by atoms with E-state index in [1.807, 2.05) is 31.9 Å². The highest BCUT2D eigenvalue weighted by molar-refractivity contribution is 5.49. The predicted octanol–water partition coefficient (Wildman–Crippen LogP) is 1.26. The lowest BCUT2D eigenvalue weighted by Crippen LogP contribution is -2.28. The van der Waals surface area contributed by atoms with Gasteiger partial charge in [-0.2, -0.15) is 0 Å². The first kappa shape index (κ1) is 15.7. The Labute approximate surface area is 114 Å². The molecule has 2 N–H and O–H groups in total. The minimum atomic E-state index is -0.405. The number of aliphatic hydroxyl groups is 1. The Bertz CT molecular complexity index is 385. The minimum Gasteiger partial charge on any atom is -0.392 e. The first-order chi connectivity index (χ1) is 9.06. The van der Waals surface area contributed by atoms with Gasteiger partial charge in [-0.15, -0.1) is 0 Å². The Morgan fingerprint density at radius 3 is 2.74 bits per heavy atom. The Morgan fingerprint density at radius 2 is 2.16 bits per heavy atom. The van der Waals surface area contributed by atoms with Crippen molar-refractivity contribution in [1.82, 2.24) is 9.97 Å². The fourth-order valence-corrected chi connectivity index (χ4v) is 1.70. The van der Waals surface area contributed by atoms with Crippen LogP contribution in [0.5, 0.6) is 0 Å². The van der Waals surface area contributed by atoms with Crippen LogP contribution in [0.25, 0.3) is 0 Å². The molecule has 0 aliphatic heterocycles. The van der Waals surface area contributed by atoms with Crippen LogP contribution in [0.2, 0.25) is 0 Å². The number of anilines is 2. The molecule has 1 heterocycles. The van der Waals surface area contributed by atoms with Crippen LogP contribution in [0, 0.1) is 0 Å². The average molecular weight is 268 g/mol. The molecule has 1 atom stereocenters. The summed E-state index contributed by atoms with van der Waals surface area (Å²) in [5.74, 6) is 2.20. The summed E-state index contributed by atoms with van der Waals surface area (Å²) in [7, 11) is 1.90. The molecular formula is C13H24N4O2. The normalized spacial score (nSPS) is 12.3. The van der Waals surface area contributed by atoms with Gasteiger partial charge < -0.3 is 20.1 Å². The molecule has 19 heavy (non-hydrogen) atoms. The van der Waals surface area contributed by atoms with Gasteiger partial charge in [-0.3, -0.25) is 0 Å². The quantitative estimate of drug-likeness (QED) is 0.739. The van der Waals surface area contributed by atoms with Crippen LogP contribution in [0.4, 0.5) is 11.6 Å². The van der Waals surface area contributed by atoms with Gasteiger partial charge in [0, 0.05) is 32.8 Å². The maximum Gasteiger partial charge on any atom is 0.158 e. The molecular weight excluding hydrogens is 244 g/mol. The number of nitrogens with one attached hydrogen (secondary N) is 1. The van der Waals surface area contributed by atoms with Gasteiger partial charge in [-0.05, 0) is 20.8 Å². The van der Waals surface area contributed by atoms with Gasteiger partial charge in [0.15, 0.2) is 5.82 Å².